The summed E-state index contributed by atoms with van der Waals surface area (Å²) in [5.74, 6) is 0. The molecule has 260 valence electrons. The second kappa shape index (κ2) is 21.1. The lowest BCUT2D eigenvalue weighted by Crippen LogP contribution is -2.50. The van der Waals surface area contributed by atoms with E-state index in [0.29, 0.717) is 19.4 Å². The van der Waals surface area contributed by atoms with Gasteiger partial charge in [-0.05, 0) is 19.3 Å². The molecular weight excluding hydrogens is 638 g/mol. The number of rotatable bonds is 23. The van der Waals surface area contributed by atoms with Gasteiger partial charge in [0.1, 0.15) is 6.61 Å². The fourth-order valence-electron chi connectivity index (χ4n) is 4.52. The maximum absolute atomic E-state index is 12.2. The van der Waals surface area contributed by atoms with Crippen molar-refractivity contribution >= 4 is 21.7 Å². The second-order valence-corrected chi connectivity index (χ2v) is 13.3. The molecule has 1 aromatic rings. The topological polar surface area (TPSA) is 228 Å². The molecule has 2 heterocycles. The predicted octanol–water partition coefficient (Wildman–Crippen LogP) is 2.63. The number of phosphoric ester groups is 2. The van der Waals surface area contributed by atoms with Gasteiger partial charge in [0.15, 0.2) is 6.23 Å². The Morgan fingerprint density at radius 1 is 0.956 bits per heavy atom. The third-order valence-corrected chi connectivity index (χ3v) is 8.31. The molecule has 0 aliphatic carbocycles. The minimum absolute atomic E-state index is 0.00930. The van der Waals surface area contributed by atoms with E-state index < -0.39 is 51.9 Å². The highest BCUT2D eigenvalue weighted by Gasteiger charge is 2.31. The number of carbonyl (C=O) groups is 1. The van der Waals surface area contributed by atoms with Crippen LogP contribution in [0.1, 0.15) is 77.4 Å². The summed E-state index contributed by atoms with van der Waals surface area (Å²) >= 11 is 0. The number of nitrogens with one attached hydrogen (secondary N) is 2. The summed E-state index contributed by atoms with van der Waals surface area (Å²) in [6, 6.07) is 1.15. The normalized spacial score (nSPS) is 18.8. The maximum atomic E-state index is 12.2. The van der Waals surface area contributed by atoms with Crippen molar-refractivity contribution in [3.63, 3.8) is 0 Å². The summed E-state index contributed by atoms with van der Waals surface area (Å²) < 4.78 is 49.8. The second-order valence-electron chi connectivity index (χ2n) is 10.7. The highest BCUT2D eigenvalue weighted by atomic mass is 31.2. The molecule has 1 unspecified atom stereocenters. The molecule has 1 aliphatic heterocycles. The van der Waals surface area contributed by atoms with E-state index in [0.717, 1.165) is 49.2 Å². The number of aromatic amines is 1. The van der Waals surface area contributed by atoms with Gasteiger partial charge in [-0.25, -0.2) is 18.7 Å². The van der Waals surface area contributed by atoms with Crippen molar-refractivity contribution < 1.29 is 51.6 Å². The fourth-order valence-corrected chi connectivity index (χ4v) is 5.68. The van der Waals surface area contributed by atoms with Crippen molar-refractivity contribution in [2.45, 2.75) is 83.5 Å². The number of ether oxygens (including phenoxy) is 2. The molecule has 1 aliphatic rings. The molecule has 3 atom stereocenters. The number of hydrogen-bond donors (Lipinski definition) is 5. The van der Waals surface area contributed by atoms with Gasteiger partial charge in [-0.1, -0.05) is 51.9 Å². The van der Waals surface area contributed by atoms with Crippen LogP contribution in [0, 0.1) is 0 Å². The predicted molar refractivity (Wildman–Crippen MR) is 163 cm³/mol. The Hall–Kier alpha value is -1.91. The Morgan fingerprint density at radius 2 is 1.60 bits per heavy atom. The number of phosphoric acid groups is 2. The van der Waals surface area contributed by atoms with E-state index in [2.05, 4.69) is 21.7 Å². The number of morpholine rings is 1. The first-order valence-corrected chi connectivity index (χ1v) is 18.3. The van der Waals surface area contributed by atoms with Gasteiger partial charge >= 0.3 is 27.4 Å². The third-order valence-electron chi connectivity index (χ3n) is 6.80. The van der Waals surface area contributed by atoms with Gasteiger partial charge in [0, 0.05) is 38.4 Å². The van der Waals surface area contributed by atoms with Crippen LogP contribution in [0.4, 0.5) is 4.79 Å². The quantitative estimate of drug-likeness (QED) is 0.0824. The molecule has 17 nitrogen and oxygen atoms in total. The summed E-state index contributed by atoms with van der Waals surface area (Å²) in [6.45, 7) is 2.94. The molecule has 1 fully saturated rings. The average molecular weight is 687 g/mol. The van der Waals surface area contributed by atoms with E-state index in [1.165, 1.54) is 19.0 Å². The largest absolute Gasteiger partial charge is 0.472 e. The van der Waals surface area contributed by atoms with Crippen LogP contribution in [0.2, 0.25) is 0 Å². The smallest absolute Gasteiger partial charge is 0.448 e. The minimum atomic E-state index is -4.76. The van der Waals surface area contributed by atoms with Gasteiger partial charge in [-0.3, -0.25) is 32.8 Å². The number of hydrogen-bond acceptors (Lipinski definition) is 11. The zero-order valence-corrected chi connectivity index (χ0v) is 27.5. The van der Waals surface area contributed by atoms with Gasteiger partial charge in [-0.2, -0.15) is 0 Å². The van der Waals surface area contributed by atoms with Crippen molar-refractivity contribution in [2.24, 2.45) is 0 Å². The Balaban J connectivity index is 1.60. The lowest BCUT2D eigenvalue weighted by atomic mass is 10.1. The number of unbranched alkanes of at least 4 members (excludes halogenated alkanes) is 8. The Kier molecular flexibility index (Phi) is 18.4. The van der Waals surface area contributed by atoms with Crippen LogP contribution in [-0.4, -0.2) is 93.9 Å². The van der Waals surface area contributed by atoms with Crippen LogP contribution in [0.5, 0.6) is 0 Å². The van der Waals surface area contributed by atoms with Crippen molar-refractivity contribution in [3.8, 4) is 0 Å². The molecular formula is C26H48N4O13P2. The average Bonchev–Trinajstić information content (AvgIpc) is 2.96. The molecule has 0 radical (unpaired) electrons. The highest BCUT2D eigenvalue weighted by molar-refractivity contribution is 7.47. The van der Waals surface area contributed by atoms with Crippen LogP contribution in [0.15, 0.2) is 21.9 Å². The molecule has 1 amide bonds. The monoisotopic (exact) mass is 686 g/mol. The summed E-state index contributed by atoms with van der Waals surface area (Å²) in [5, 5.41) is 2.65. The van der Waals surface area contributed by atoms with E-state index >= 15 is 0 Å². The van der Waals surface area contributed by atoms with Crippen molar-refractivity contribution in [1.82, 2.24) is 19.8 Å². The molecule has 0 aromatic carbocycles. The van der Waals surface area contributed by atoms with Crippen molar-refractivity contribution in [3.05, 3.63) is 33.1 Å². The van der Waals surface area contributed by atoms with E-state index in [1.807, 2.05) is 0 Å². The Morgan fingerprint density at radius 3 is 2.24 bits per heavy atom. The van der Waals surface area contributed by atoms with Gasteiger partial charge < -0.3 is 29.5 Å². The highest BCUT2D eigenvalue weighted by Crippen LogP contribution is 2.43. The number of amides is 1. The van der Waals surface area contributed by atoms with E-state index in [9.17, 15) is 28.4 Å². The molecule has 45 heavy (non-hydrogen) atoms. The Labute approximate surface area is 262 Å². The van der Waals surface area contributed by atoms with E-state index in [1.54, 1.807) is 4.90 Å². The zero-order valence-electron chi connectivity index (χ0n) is 25.8. The van der Waals surface area contributed by atoms with Gasteiger partial charge in [0.05, 0.1) is 25.9 Å². The molecule has 19 heteroatoms. The first-order valence-electron chi connectivity index (χ1n) is 15.3. The molecule has 5 N–H and O–H groups in total. The molecule has 1 saturated heterocycles. The molecule has 0 spiro atoms. The summed E-state index contributed by atoms with van der Waals surface area (Å²) in [6.07, 6.45) is 7.93. The number of nitrogens with zero attached hydrogens (tertiary/aromatic N) is 2. The van der Waals surface area contributed by atoms with Crippen LogP contribution < -0.4 is 16.6 Å². The molecule has 0 bridgehead atoms. The lowest BCUT2D eigenvalue weighted by Gasteiger charge is -2.38. The van der Waals surface area contributed by atoms with Crippen molar-refractivity contribution in [1.29, 1.82) is 0 Å². The molecule has 2 rings (SSSR count). The molecule has 1 aromatic heterocycles. The standard InChI is InChI=1S/C26H48N4O13P2/c1-2-3-4-5-7-10-16-40-45(37,38)41-17-11-8-6-9-13-27-26(33)39-18-15-29-19-22(21-42-44(34,35)36)43-24(20-29)30-14-12-23(31)28-25(30)32/h12,14,22,24H,2-11,13,15-21H2,1H3,(H,27,33)(H,37,38)(H,28,31,32)(H2,34,35,36)/t22-,24+/m0/s1. The number of carbonyl (C=O) groups excluding carboxylic acids is 1. The van der Waals surface area contributed by atoms with Gasteiger partial charge in [-0.15, -0.1) is 0 Å². The summed E-state index contributed by atoms with van der Waals surface area (Å²) in [5.41, 5.74) is -1.30. The van der Waals surface area contributed by atoms with E-state index in [4.69, 9.17) is 28.3 Å². The zero-order chi connectivity index (χ0) is 33.1. The van der Waals surface area contributed by atoms with Crippen LogP contribution in [0.25, 0.3) is 0 Å². The maximum Gasteiger partial charge on any atom is 0.472 e. The first-order chi connectivity index (χ1) is 21.4. The summed E-state index contributed by atoms with van der Waals surface area (Å²) in [7, 11) is -8.79. The number of alkyl carbamates (subject to hydrolysis) is 1. The number of aromatic nitrogens is 2. The Bertz CT molecular complexity index is 1210. The SMILES string of the molecule is CCCCCCCCOP(=O)(O)OCCCCCCNC(=O)OCCN1C[C@@H](COP(=O)(O)O)O[C@@H](n2ccc(=O)[nH]c2=O)C1. The first kappa shape index (κ1) is 39.3. The summed E-state index contributed by atoms with van der Waals surface area (Å²) in [4.78, 5) is 67.4. The lowest BCUT2D eigenvalue weighted by molar-refractivity contribution is -0.136. The van der Waals surface area contributed by atoms with Gasteiger partial charge in [0.2, 0.25) is 0 Å². The third kappa shape index (κ3) is 18.1. The fraction of sp³-hybridized carbons (Fsp3) is 0.808. The minimum Gasteiger partial charge on any atom is -0.448 e. The van der Waals surface area contributed by atoms with Gasteiger partial charge in [0.25, 0.3) is 5.56 Å². The van der Waals surface area contributed by atoms with Crippen LogP contribution in [-0.2, 0) is 32.2 Å². The van der Waals surface area contributed by atoms with Crippen molar-refractivity contribution in [2.75, 3.05) is 52.6 Å². The van der Waals surface area contributed by atoms with E-state index in [-0.39, 0.29) is 39.5 Å². The van der Waals surface area contributed by atoms with Crippen LogP contribution >= 0.6 is 15.6 Å². The number of H-pyrrole nitrogens is 1. The van der Waals surface area contributed by atoms with Crippen LogP contribution in [0.3, 0.4) is 0 Å². The molecule has 0 saturated carbocycles.